The monoisotopic (exact) mass is 340 g/mol. The van der Waals surface area contributed by atoms with Gasteiger partial charge < -0.3 is 9.15 Å². The summed E-state index contributed by atoms with van der Waals surface area (Å²) in [5.41, 5.74) is 0.445. The molecule has 1 aromatic carbocycles. The number of methoxy groups -OCH3 is 1. The Labute approximate surface area is 136 Å². The number of carbonyl (C=O) groups excluding carboxylic acids is 2. The van der Waals surface area contributed by atoms with Gasteiger partial charge in [-0.2, -0.15) is 13.2 Å². The molecule has 2 atom stereocenters. The number of furan rings is 1. The number of hydrogen-bond donors (Lipinski definition) is 0. The van der Waals surface area contributed by atoms with Crippen LogP contribution in [-0.4, -0.2) is 25.0 Å². The van der Waals surface area contributed by atoms with E-state index >= 15 is 0 Å². The first kappa shape index (κ1) is 17.8. The fourth-order valence-corrected chi connectivity index (χ4v) is 2.52. The Kier molecular flexibility index (Phi) is 5.43. The second kappa shape index (κ2) is 7.33. The molecule has 0 saturated carbocycles. The maximum atomic E-state index is 12.7. The van der Waals surface area contributed by atoms with E-state index in [-0.39, 0.29) is 5.76 Å². The molecule has 0 N–H and O–H groups in total. The van der Waals surface area contributed by atoms with Gasteiger partial charge in [-0.05, 0) is 17.7 Å². The largest absolute Gasteiger partial charge is 0.469 e. The maximum absolute atomic E-state index is 12.7. The fourth-order valence-electron chi connectivity index (χ4n) is 2.52. The number of hydrogen-bond acceptors (Lipinski definition) is 4. The molecule has 0 aliphatic rings. The van der Waals surface area contributed by atoms with Crippen LogP contribution < -0.4 is 0 Å². The van der Waals surface area contributed by atoms with E-state index in [2.05, 4.69) is 0 Å². The average molecular weight is 340 g/mol. The average Bonchev–Trinajstić information content (AvgIpc) is 3.08. The summed E-state index contributed by atoms with van der Waals surface area (Å²) in [5, 5.41) is 0. The molecule has 1 heterocycles. The summed E-state index contributed by atoms with van der Waals surface area (Å²) in [5.74, 6) is -4.75. The second-order valence-corrected chi connectivity index (χ2v) is 5.16. The summed E-state index contributed by atoms with van der Waals surface area (Å²) in [6.07, 6.45) is -4.62. The van der Waals surface area contributed by atoms with Gasteiger partial charge in [0.05, 0.1) is 19.3 Å². The smallest absolute Gasteiger partial charge is 0.449 e. The Bertz CT molecular complexity index is 678. The Morgan fingerprint density at radius 2 is 1.79 bits per heavy atom. The zero-order chi connectivity index (χ0) is 17.7. The highest BCUT2D eigenvalue weighted by Crippen LogP contribution is 2.38. The minimum absolute atomic E-state index is 0.117. The van der Waals surface area contributed by atoms with E-state index in [1.54, 1.807) is 30.3 Å². The predicted octanol–water partition coefficient (Wildman–Crippen LogP) is 3.84. The number of rotatable bonds is 6. The van der Waals surface area contributed by atoms with Crippen LogP contribution in [-0.2, 0) is 14.3 Å². The van der Waals surface area contributed by atoms with Gasteiger partial charge in [-0.1, -0.05) is 30.3 Å². The van der Waals surface area contributed by atoms with Crippen LogP contribution in [0.4, 0.5) is 13.2 Å². The lowest BCUT2D eigenvalue weighted by Gasteiger charge is -2.24. The van der Waals surface area contributed by atoms with E-state index < -0.39 is 36.2 Å². The number of alkyl halides is 3. The number of esters is 1. The van der Waals surface area contributed by atoms with Gasteiger partial charge in [0.15, 0.2) is 0 Å². The van der Waals surface area contributed by atoms with Crippen molar-refractivity contribution >= 4 is 11.8 Å². The predicted molar refractivity (Wildman–Crippen MR) is 78.3 cm³/mol. The molecule has 0 bridgehead atoms. The molecule has 1 aromatic heterocycles. The summed E-state index contributed by atoms with van der Waals surface area (Å²) >= 11 is 0. The third-order valence-corrected chi connectivity index (χ3v) is 3.65. The minimum atomic E-state index is -4.98. The molecule has 0 saturated heterocycles. The molecule has 0 radical (unpaired) electrons. The number of Topliss-reactive ketones (excluding diaryl/α,β-unsaturated/α-hetero) is 1. The summed E-state index contributed by atoms with van der Waals surface area (Å²) in [4.78, 5) is 23.7. The van der Waals surface area contributed by atoms with Crippen LogP contribution in [0.25, 0.3) is 0 Å². The number of ketones is 1. The zero-order valence-corrected chi connectivity index (χ0v) is 12.7. The van der Waals surface area contributed by atoms with Crippen molar-refractivity contribution in [2.75, 3.05) is 7.11 Å². The van der Waals surface area contributed by atoms with E-state index in [0.717, 1.165) is 7.11 Å². The van der Waals surface area contributed by atoms with Crippen LogP contribution in [0.3, 0.4) is 0 Å². The van der Waals surface area contributed by atoms with Crippen LogP contribution in [0.2, 0.25) is 0 Å². The van der Waals surface area contributed by atoms with Crippen molar-refractivity contribution in [3.05, 3.63) is 60.1 Å². The lowest BCUT2D eigenvalue weighted by atomic mass is 9.81. The van der Waals surface area contributed by atoms with Crippen molar-refractivity contribution in [3.8, 4) is 0 Å². The first-order valence-corrected chi connectivity index (χ1v) is 7.10. The molecule has 2 aromatic rings. The van der Waals surface area contributed by atoms with E-state index in [9.17, 15) is 22.8 Å². The summed E-state index contributed by atoms with van der Waals surface area (Å²) in [7, 11) is 1.14. The number of benzene rings is 1. The molecule has 0 amide bonds. The van der Waals surface area contributed by atoms with E-state index in [1.165, 1.54) is 18.4 Å². The van der Waals surface area contributed by atoms with Gasteiger partial charge in [-0.3, -0.25) is 9.59 Å². The van der Waals surface area contributed by atoms with Crippen LogP contribution in [0.5, 0.6) is 0 Å². The zero-order valence-electron chi connectivity index (χ0n) is 12.7. The highest BCUT2D eigenvalue weighted by Gasteiger charge is 2.43. The molecule has 0 fully saturated rings. The lowest BCUT2D eigenvalue weighted by Crippen LogP contribution is -2.29. The fraction of sp³-hybridized carbons (Fsp3) is 0.294. The van der Waals surface area contributed by atoms with Gasteiger partial charge in [-0.25, -0.2) is 0 Å². The standard InChI is InChI=1S/C17H15F3O4/c1-23-16(22)15(11-6-3-2-4-7-11)12(13-8-5-9-24-13)10-14(21)17(18,19)20/h2-9,12,15H,10H2,1H3/t12-,15-/m0/s1. The van der Waals surface area contributed by atoms with Crippen molar-refractivity contribution in [2.24, 2.45) is 0 Å². The number of ether oxygens (including phenoxy) is 1. The van der Waals surface area contributed by atoms with Crippen molar-refractivity contribution < 1.29 is 31.9 Å². The SMILES string of the molecule is COC(=O)[C@@H](c1ccccc1)[C@@H](CC(=O)C(F)(F)F)c1ccco1. The maximum Gasteiger partial charge on any atom is 0.449 e. The lowest BCUT2D eigenvalue weighted by molar-refractivity contribution is -0.171. The number of carbonyl (C=O) groups is 2. The van der Waals surface area contributed by atoms with Gasteiger partial charge in [0.25, 0.3) is 0 Å². The van der Waals surface area contributed by atoms with Crippen LogP contribution in [0, 0.1) is 0 Å². The van der Waals surface area contributed by atoms with Gasteiger partial charge in [0, 0.05) is 12.3 Å². The molecule has 4 nitrogen and oxygen atoms in total. The summed E-state index contributed by atoms with van der Waals surface area (Å²) < 4.78 is 48.0. The summed E-state index contributed by atoms with van der Waals surface area (Å²) in [6.45, 7) is 0. The third kappa shape index (κ3) is 4.04. The molecule has 128 valence electrons. The second-order valence-electron chi connectivity index (χ2n) is 5.16. The van der Waals surface area contributed by atoms with E-state index in [4.69, 9.17) is 9.15 Å². The Morgan fingerprint density at radius 3 is 2.29 bits per heavy atom. The molecule has 0 aliphatic heterocycles. The first-order chi connectivity index (χ1) is 11.3. The molecule has 24 heavy (non-hydrogen) atoms. The van der Waals surface area contributed by atoms with Crippen molar-refractivity contribution in [1.29, 1.82) is 0 Å². The molecular weight excluding hydrogens is 325 g/mol. The van der Waals surface area contributed by atoms with Crippen LogP contribution >= 0.6 is 0 Å². The molecule has 7 heteroatoms. The third-order valence-electron chi connectivity index (χ3n) is 3.65. The minimum Gasteiger partial charge on any atom is -0.469 e. The molecule has 0 unspecified atom stereocenters. The van der Waals surface area contributed by atoms with Crippen molar-refractivity contribution in [2.45, 2.75) is 24.4 Å². The quantitative estimate of drug-likeness (QED) is 0.750. The highest BCUT2D eigenvalue weighted by molar-refractivity contribution is 5.87. The van der Waals surface area contributed by atoms with Crippen molar-refractivity contribution in [3.63, 3.8) is 0 Å². The Morgan fingerprint density at radius 1 is 1.12 bits per heavy atom. The van der Waals surface area contributed by atoms with E-state index in [0.29, 0.717) is 5.56 Å². The first-order valence-electron chi connectivity index (χ1n) is 7.10. The van der Waals surface area contributed by atoms with E-state index in [1.807, 2.05) is 0 Å². The van der Waals surface area contributed by atoms with Crippen LogP contribution in [0.15, 0.2) is 53.1 Å². The number of halogens is 3. The van der Waals surface area contributed by atoms with Gasteiger partial charge in [0.1, 0.15) is 5.76 Å². The Hall–Kier alpha value is -2.57. The Balaban J connectivity index is 2.46. The van der Waals surface area contributed by atoms with Gasteiger partial charge in [-0.15, -0.1) is 0 Å². The van der Waals surface area contributed by atoms with Crippen LogP contribution in [0.1, 0.15) is 29.6 Å². The van der Waals surface area contributed by atoms with Gasteiger partial charge >= 0.3 is 12.1 Å². The topological polar surface area (TPSA) is 56.5 Å². The molecular formula is C17H15F3O4. The molecule has 2 rings (SSSR count). The highest BCUT2D eigenvalue weighted by atomic mass is 19.4. The normalized spacial score (nSPS) is 14.0. The molecule has 0 spiro atoms. The summed E-state index contributed by atoms with van der Waals surface area (Å²) in [6, 6.07) is 11.1. The van der Waals surface area contributed by atoms with Gasteiger partial charge in [0.2, 0.25) is 5.78 Å². The molecule has 0 aliphatic carbocycles. The van der Waals surface area contributed by atoms with Crippen molar-refractivity contribution in [1.82, 2.24) is 0 Å².